The zero-order valence-electron chi connectivity index (χ0n) is 11.8. The number of rotatable bonds is 4. The molecule has 22 heavy (non-hydrogen) atoms. The van der Waals surface area contributed by atoms with Gasteiger partial charge in [-0.05, 0) is 28.0 Å². The predicted octanol–water partition coefficient (Wildman–Crippen LogP) is 3.76. The number of ether oxygens (including phenoxy) is 1. The van der Waals surface area contributed by atoms with E-state index in [4.69, 9.17) is 10.00 Å². The van der Waals surface area contributed by atoms with E-state index in [1.807, 2.05) is 19.1 Å². The Kier molecular flexibility index (Phi) is 7.98. The van der Waals surface area contributed by atoms with Crippen molar-refractivity contribution in [3.63, 3.8) is 0 Å². The predicted molar refractivity (Wildman–Crippen MR) is 87.2 cm³/mol. The topological polar surface area (TPSA) is 55.0 Å². The summed E-state index contributed by atoms with van der Waals surface area (Å²) in [7, 11) is 0. The molecule has 1 aromatic heterocycles. The fourth-order valence-electron chi connectivity index (χ4n) is 1.92. The molecule has 0 bridgehead atoms. The SMILES string of the molecule is CCn1c(-c2ccc(OCC#N)cc2Br)[c-]cc(Br)c1=O.[Y]. The molecule has 1 heterocycles. The normalized spacial score (nSPS) is 9.73. The fraction of sp³-hybridized carbons (Fsp3) is 0.200. The average molecular weight is 500 g/mol. The van der Waals surface area contributed by atoms with Gasteiger partial charge in [0.05, 0.1) is 0 Å². The van der Waals surface area contributed by atoms with Crippen LogP contribution in [0.4, 0.5) is 0 Å². The maximum atomic E-state index is 12.1. The van der Waals surface area contributed by atoms with E-state index in [1.54, 1.807) is 22.8 Å². The van der Waals surface area contributed by atoms with Gasteiger partial charge in [-0.25, -0.2) is 0 Å². The minimum absolute atomic E-state index is 0. The summed E-state index contributed by atoms with van der Waals surface area (Å²) < 4.78 is 8.15. The number of benzene rings is 1. The zero-order chi connectivity index (χ0) is 15.4. The van der Waals surface area contributed by atoms with Gasteiger partial charge in [0.1, 0.15) is 11.8 Å². The fourth-order valence-corrected chi connectivity index (χ4v) is 2.79. The molecule has 2 rings (SSSR count). The second-order valence-electron chi connectivity index (χ2n) is 4.12. The molecule has 7 heteroatoms. The van der Waals surface area contributed by atoms with Gasteiger partial charge in [0.25, 0.3) is 0 Å². The molecule has 1 aromatic carbocycles. The number of hydrogen-bond acceptors (Lipinski definition) is 3. The third-order valence-electron chi connectivity index (χ3n) is 2.87. The Morgan fingerprint density at radius 1 is 1.36 bits per heavy atom. The molecule has 0 N–H and O–H groups in total. The van der Waals surface area contributed by atoms with Gasteiger partial charge in [-0.3, -0.25) is 4.79 Å². The summed E-state index contributed by atoms with van der Waals surface area (Å²) in [6, 6.07) is 12.0. The Balaban J connectivity index is 0.00000242. The van der Waals surface area contributed by atoms with E-state index in [0.717, 1.165) is 10.0 Å². The van der Waals surface area contributed by atoms with Crippen molar-refractivity contribution in [3.05, 3.63) is 49.6 Å². The summed E-state index contributed by atoms with van der Waals surface area (Å²) in [6.07, 6.45) is 0. The number of hydrogen-bond donors (Lipinski definition) is 0. The third-order valence-corrected chi connectivity index (χ3v) is 4.09. The number of nitrogens with zero attached hydrogens (tertiary/aromatic N) is 2. The molecule has 0 unspecified atom stereocenters. The number of nitriles is 1. The molecule has 0 aliphatic carbocycles. The Hall–Kier alpha value is -0.476. The molecule has 0 aliphatic rings. The van der Waals surface area contributed by atoms with E-state index in [2.05, 4.69) is 37.9 Å². The van der Waals surface area contributed by atoms with Crippen LogP contribution in [0.5, 0.6) is 5.75 Å². The van der Waals surface area contributed by atoms with Crippen LogP contribution in [0.3, 0.4) is 0 Å². The van der Waals surface area contributed by atoms with Crippen molar-refractivity contribution in [1.29, 1.82) is 5.26 Å². The first-order valence-electron chi connectivity index (χ1n) is 6.19. The number of pyridine rings is 1. The summed E-state index contributed by atoms with van der Waals surface area (Å²) in [4.78, 5) is 12.1. The maximum absolute atomic E-state index is 12.1. The van der Waals surface area contributed by atoms with Crippen LogP contribution in [0, 0.1) is 17.4 Å². The molecule has 0 spiro atoms. The molecule has 1 radical (unpaired) electrons. The molecule has 0 aliphatic heterocycles. The van der Waals surface area contributed by atoms with Gasteiger partial charge in [-0.1, -0.05) is 27.2 Å². The molecule has 111 valence electrons. The Morgan fingerprint density at radius 2 is 2.09 bits per heavy atom. The van der Waals surface area contributed by atoms with Crippen LogP contribution in [0.1, 0.15) is 6.92 Å². The van der Waals surface area contributed by atoms with Crippen LogP contribution < -0.4 is 10.3 Å². The molecule has 0 fully saturated rings. The summed E-state index contributed by atoms with van der Waals surface area (Å²) in [6.45, 7) is 2.45. The van der Waals surface area contributed by atoms with Gasteiger partial charge < -0.3 is 9.30 Å². The molecule has 0 saturated carbocycles. The van der Waals surface area contributed by atoms with Crippen molar-refractivity contribution in [2.24, 2.45) is 0 Å². The quantitative estimate of drug-likeness (QED) is 0.602. The molecular formula is C15H11Br2N2O2Y-. The Morgan fingerprint density at radius 3 is 2.68 bits per heavy atom. The third kappa shape index (κ3) is 4.29. The monoisotopic (exact) mass is 498 g/mol. The molecule has 2 aromatic rings. The van der Waals surface area contributed by atoms with Gasteiger partial charge in [0.2, 0.25) is 5.56 Å². The first kappa shape index (κ1) is 19.6. The standard InChI is InChI=1S/C15H11Br2N2O2.Y/c1-2-19-14(6-5-12(16)15(19)20)11-4-3-10(9-13(11)17)21-8-7-18;/h3-5,9H,2,8H2,1H3;/q-1;. The van der Waals surface area contributed by atoms with Crippen molar-refractivity contribution in [2.75, 3.05) is 6.61 Å². The smallest absolute Gasteiger partial charge is 0.208 e. The van der Waals surface area contributed by atoms with E-state index in [-0.39, 0.29) is 44.9 Å². The summed E-state index contributed by atoms with van der Waals surface area (Å²) >= 11 is 6.70. The molecular weight excluding hydrogens is 489 g/mol. The van der Waals surface area contributed by atoms with E-state index in [1.165, 1.54) is 0 Å². The van der Waals surface area contributed by atoms with E-state index < -0.39 is 0 Å². The number of aromatic nitrogens is 1. The van der Waals surface area contributed by atoms with Gasteiger partial charge in [0, 0.05) is 39.3 Å². The van der Waals surface area contributed by atoms with Crippen LogP contribution in [0.15, 0.2) is 38.0 Å². The summed E-state index contributed by atoms with van der Waals surface area (Å²) in [5.74, 6) is 0.592. The van der Waals surface area contributed by atoms with Gasteiger partial charge in [0.15, 0.2) is 6.61 Å². The minimum Gasteiger partial charge on any atom is -0.479 e. The number of halogens is 2. The van der Waals surface area contributed by atoms with E-state index in [0.29, 0.717) is 22.5 Å². The first-order chi connectivity index (χ1) is 10.1. The summed E-state index contributed by atoms with van der Waals surface area (Å²) in [5.41, 5.74) is 1.44. The van der Waals surface area contributed by atoms with E-state index >= 15 is 0 Å². The molecule has 0 atom stereocenters. The largest absolute Gasteiger partial charge is 0.479 e. The van der Waals surface area contributed by atoms with Crippen molar-refractivity contribution < 1.29 is 37.4 Å². The van der Waals surface area contributed by atoms with Crippen molar-refractivity contribution in [3.8, 4) is 23.1 Å². The van der Waals surface area contributed by atoms with Crippen LogP contribution in [0.2, 0.25) is 0 Å². The van der Waals surface area contributed by atoms with Gasteiger partial charge in [-0.15, -0.1) is 22.0 Å². The molecule has 0 saturated heterocycles. The maximum Gasteiger partial charge on any atom is 0.208 e. The second kappa shape index (κ2) is 8.98. The van der Waals surface area contributed by atoms with Crippen LogP contribution in [-0.2, 0) is 39.3 Å². The summed E-state index contributed by atoms with van der Waals surface area (Å²) in [5, 5.41) is 8.52. The first-order valence-corrected chi connectivity index (χ1v) is 7.77. The Labute approximate surface area is 170 Å². The van der Waals surface area contributed by atoms with Crippen LogP contribution >= 0.6 is 31.9 Å². The van der Waals surface area contributed by atoms with Gasteiger partial charge >= 0.3 is 0 Å². The van der Waals surface area contributed by atoms with E-state index in [9.17, 15) is 4.79 Å². The van der Waals surface area contributed by atoms with Crippen molar-refractivity contribution >= 4 is 31.9 Å². The van der Waals surface area contributed by atoms with Crippen LogP contribution in [-0.4, -0.2) is 11.2 Å². The second-order valence-corrected chi connectivity index (χ2v) is 5.83. The Bertz CT molecular complexity index is 769. The average Bonchev–Trinajstić information content (AvgIpc) is 2.48. The minimum atomic E-state index is -0.0945. The molecule has 0 amide bonds. The van der Waals surface area contributed by atoms with Crippen molar-refractivity contribution in [1.82, 2.24) is 4.57 Å². The van der Waals surface area contributed by atoms with Crippen molar-refractivity contribution in [2.45, 2.75) is 13.5 Å². The van der Waals surface area contributed by atoms with Crippen LogP contribution in [0.25, 0.3) is 11.3 Å². The zero-order valence-corrected chi connectivity index (χ0v) is 17.8. The van der Waals surface area contributed by atoms with Gasteiger partial charge in [-0.2, -0.15) is 17.4 Å². The molecule has 4 nitrogen and oxygen atoms in total.